The minimum absolute atomic E-state index is 0.0418. The van der Waals surface area contributed by atoms with Gasteiger partial charge >= 0.3 is 5.97 Å². The number of para-hydroxylation sites is 1. The minimum Gasteiger partial charge on any atom is -0.465 e. The number of fused-ring (bicyclic) bond motifs is 1. The van der Waals surface area contributed by atoms with E-state index in [1.54, 1.807) is 91.9 Å². The molecule has 1 aromatic heterocycles. The number of carbonyl (C=O) groups excluding carboxylic acids is 5. The lowest BCUT2D eigenvalue weighted by atomic mass is 10.0. The Bertz CT molecular complexity index is 2390. The number of hydrogen-bond acceptors (Lipinski definition) is 8. The highest BCUT2D eigenvalue weighted by atomic mass is 32.2. The summed E-state index contributed by atoms with van der Waals surface area (Å²) in [5, 5.41) is 13.3. The van der Waals surface area contributed by atoms with Gasteiger partial charge in [0.25, 0.3) is 17.7 Å². The molecule has 0 spiro atoms. The maximum atomic E-state index is 13.8. The van der Waals surface area contributed by atoms with Gasteiger partial charge in [-0.25, -0.2) is 4.79 Å². The molecule has 0 unspecified atom stereocenters. The molecule has 1 heterocycles. The zero-order valence-corrected chi connectivity index (χ0v) is 30.8. The van der Waals surface area contributed by atoms with Gasteiger partial charge < -0.3 is 26.0 Å². The molecule has 0 aliphatic heterocycles. The van der Waals surface area contributed by atoms with E-state index >= 15 is 0 Å². The quantitative estimate of drug-likeness (QED) is 0.0559. The van der Waals surface area contributed by atoms with Crippen LogP contribution in [0.15, 0.2) is 138 Å². The highest BCUT2D eigenvalue weighted by molar-refractivity contribution is 8.00. The molecule has 0 aliphatic rings. The third-order valence-corrected chi connectivity index (χ3v) is 10.3. The van der Waals surface area contributed by atoms with Crippen LogP contribution < -0.4 is 21.3 Å². The van der Waals surface area contributed by atoms with Crippen molar-refractivity contribution in [3.8, 4) is 0 Å². The smallest absolute Gasteiger partial charge is 0.341 e. The zero-order valence-electron chi connectivity index (χ0n) is 29.2. The largest absolute Gasteiger partial charge is 0.465 e. The number of anilines is 3. The minimum atomic E-state index is -0.678. The van der Waals surface area contributed by atoms with Crippen LogP contribution in [-0.2, 0) is 14.3 Å². The number of hydrogen-bond donors (Lipinski definition) is 4. The predicted octanol–water partition coefficient (Wildman–Crippen LogP) is 8.39. The lowest BCUT2D eigenvalue weighted by Crippen LogP contribution is -2.30. The number of nitrogens with one attached hydrogen (secondary N) is 4. The lowest BCUT2D eigenvalue weighted by molar-refractivity contribution is -0.114. The Balaban J connectivity index is 1.16. The molecule has 0 saturated heterocycles. The molecule has 270 valence electrons. The summed E-state index contributed by atoms with van der Waals surface area (Å²) in [6, 6.07) is 38.0. The molecule has 12 heteroatoms. The van der Waals surface area contributed by atoms with Crippen molar-refractivity contribution in [3.63, 3.8) is 0 Å². The van der Waals surface area contributed by atoms with E-state index in [0.717, 1.165) is 27.7 Å². The SMILES string of the molecule is COC(=O)c1c(NC(=O)CSc2cccc(NC(=O)/C(=C\c3cccc4ccccc34)NC(=O)c3ccccc3)c2)sc(C(=O)Nc2ccccc2)c1C. The topological polar surface area (TPSA) is 143 Å². The van der Waals surface area contributed by atoms with E-state index in [9.17, 15) is 24.0 Å². The highest BCUT2D eigenvalue weighted by Crippen LogP contribution is 2.35. The fourth-order valence-electron chi connectivity index (χ4n) is 5.52. The second-order valence-electron chi connectivity index (χ2n) is 11.8. The van der Waals surface area contributed by atoms with Crippen LogP contribution in [0.1, 0.15) is 41.5 Å². The van der Waals surface area contributed by atoms with Crippen LogP contribution in [0.3, 0.4) is 0 Å². The standard InChI is InChI=1S/C42H34N4O6S2/c1-26-36(42(51)52-2)41(54-37(26)40(50)43-30-18-7-4-8-19-30)46-35(47)25-53-32-21-12-20-31(24-32)44-39(49)34(45-38(48)28-14-5-3-6-15-28)23-29-17-11-16-27-13-9-10-22-33(27)29/h3-24H,25H2,1-2H3,(H,43,50)(H,44,49)(H,45,48)(H,46,47)/b34-23+. The van der Waals surface area contributed by atoms with Crippen molar-refractivity contribution in [1.29, 1.82) is 0 Å². The van der Waals surface area contributed by atoms with Gasteiger partial charge in [0.2, 0.25) is 5.91 Å². The number of esters is 1. The summed E-state index contributed by atoms with van der Waals surface area (Å²) < 4.78 is 4.96. The van der Waals surface area contributed by atoms with Crippen LogP contribution in [-0.4, -0.2) is 42.5 Å². The summed E-state index contributed by atoms with van der Waals surface area (Å²) in [5.74, 6) is -2.53. The van der Waals surface area contributed by atoms with Crippen molar-refractivity contribution in [2.24, 2.45) is 0 Å². The summed E-state index contributed by atoms with van der Waals surface area (Å²) in [6.45, 7) is 1.63. The molecule has 0 radical (unpaired) electrons. The molecule has 54 heavy (non-hydrogen) atoms. The molecule has 5 aromatic carbocycles. The van der Waals surface area contributed by atoms with Gasteiger partial charge in [-0.05, 0) is 77.4 Å². The Kier molecular flexibility index (Phi) is 12.0. The molecule has 0 bridgehead atoms. The van der Waals surface area contributed by atoms with Crippen molar-refractivity contribution < 1.29 is 28.7 Å². The number of ether oxygens (including phenoxy) is 1. The third-order valence-electron chi connectivity index (χ3n) is 8.14. The second kappa shape index (κ2) is 17.3. The van der Waals surface area contributed by atoms with E-state index in [1.807, 2.05) is 48.5 Å². The van der Waals surface area contributed by atoms with Gasteiger partial charge in [0.1, 0.15) is 10.7 Å². The van der Waals surface area contributed by atoms with Crippen molar-refractivity contribution in [2.45, 2.75) is 11.8 Å². The van der Waals surface area contributed by atoms with Crippen LogP contribution >= 0.6 is 23.1 Å². The first-order valence-corrected chi connectivity index (χ1v) is 18.5. The fraction of sp³-hybridized carbons (Fsp3) is 0.0714. The first-order valence-electron chi connectivity index (χ1n) is 16.7. The molecule has 0 aliphatic carbocycles. The molecule has 0 atom stereocenters. The monoisotopic (exact) mass is 754 g/mol. The average molecular weight is 755 g/mol. The second-order valence-corrected chi connectivity index (χ2v) is 13.9. The van der Waals surface area contributed by atoms with Gasteiger partial charge in [0.15, 0.2) is 0 Å². The highest BCUT2D eigenvalue weighted by Gasteiger charge is 2.26. The molecule has 6 aromatic rings. The zero-order chi connectivity index (χ0) is 38.0. The number of benzene rings is 5. The number of rotatable bonds is 12. The summed E-state index contributed by atoms with van der Waals surface area (Å²) >= 11 is 2.20. The number of thiophene rings is 1. The van der Waals surface area contributed by atoms with E-state index in [1.165, 1.54) is 18.9 Å². The number of thioether (sulfide) groups is 1. The summed E-state index contributed by atoms with van der Waals surface area (Å²) in [5.41, 5.74) is 2.72. The summed E-state index contributed by atoms with van der Waals surface area (Å²) in [6.07, 6.45) is 1.65. The first-order chi connectivity index (χ1) is 26.2. The average Bonchev–Trinajstić information content (AvgIpc) is 3.52. The molecule has 4 N–H and O–H groups in total. The van der Waals surface area contributed by atoms with Crippen molar-refractivity contribution in [1.82, 2.24) is 5.32 Å². The molecular weight excluding hydrogens is 721 g/mol. The number of carbonyl (C=O) groups is 5. The number of methoxy groups -OCH3 is 1. The molecule has 4 amide bonds. The van der Waals surface area contributed by atoms with Gasteiger partial charge in [-0.15, -0.1) is 23.1 Å². The fourth-order valence-corrected chi connectivity index (χ4v) is 7.38. The van der Waals surface area contributed by atoms with Crippen molar-refractivity contribution >= 4 is 85.9 Å². The van der Waals surface area contributed by atoms with Gasteiger partial charge in [0, 0.05) is 21.8 Å². The number of amides is 4. The van der Waals surface area contributed by atoms with Crippen molar-refractivity contribution in [3.05, 3.63) is 160 Å². The van der Waals surface area contributed by atoms with E-state index in [0.29, 0.717) is 27.4 Å². The lowest BCUT2D eigenvalue weighted by Gasteiger charge is -2.13. The maximum Gasteiger partial charge on any atom is 0.341 e. The Morgan fingerprint density at radius 2 is 1.39 bits per heavy atom. The van der Waals surface area contributed by atoms with Gasteiger partial charge in [-0.3, -0.25) is 19.2 Å². The van der Waals surface area contributed by atoms with E-state index in [2.05, 4.69) is 21.3 Å². The van der Waals surface area contributed by atoms with E-state index < -0.39 is 29.6 Å². The van der Waals surface area contributed by atoms with Gasteiger partial charge in [-0.2, -0.15) is 0 Å². The first kappa shape index (κ1) is 37.3. The third kappa shape index (κ3) is 9.10. The Labute approximate surface area is 319 Å². The normalized spacial score (nSPS) is 11.0. The van der Waals surface area contributed by atoms with Crippen LogP contribution in [0.25, 0.3) is 16.8 Å². The summed E-state index contributed by atoms with van der Waals surface area (Å²) in [4.78, 5) is 66.9. The molecular formula is C42H34N4O6S2. The Morgan fingerprint density at radius 3 is 2.15 bits per heavy atom. The van der Waals surface area contributed by atoms with Crippen LogP contribution in [0.5, 0.6) is 0 Å². The summed E-state index contributed by atoms with van der Waals surface area (Å²) in [7, 11) is 1.23. The van der Waals surface area contributed by atoms with E-state index in [-0.39, 0.29) is 26.9 Å². The van der Waals surface area contributed by atoms with Gasteiger partial charge in [0.05, 0.1) is 23.3 Å². The predicted molar refractivity (Wildman–Crippen MR) is 215 cm³/mol. The maximum absolute atomic E-state index is 13.8. The van der Waals surface area contributed by atoms with E-state index in [4.69, 9.17) is 4.74 Å². The molecule has 10 nitrogen and oxygen atoms in total. The van der Waals surface area contributed by atoms with Gasteiger partial charge in [-0.1, -0.05) is 84.9 Å². The van der Waals surface area contributed by atoms with Crippen LogP contribution in [0.4, 0.5) is 16.4 Å². The molecule has 6 rings (SSSR count). The Morgan fingerprint density at radius 1 is 0.722 bits per heavy atom. The molecule has 0 fully saturated rings. The van der Waals surface area contributed by atoms with Crippen molar-refractivity contribution in [2.75, 3.05) is 28.8 Å². The Hall–Kier alpha value is -6.50. The van der Waals surface area contributed by atoms with Crippen LogP contribution in [0, 0.1) is 6.92 Å². The molecule has 0 saturated carbocycles. The van der Waals surface area contributed by atoms with Crippen LogP contribution in [0.2, 0.25) is 0 Å².